The zero-order valence-corrected chi connectivity index (χ0v) is 18.6. The monoisotopic (exact) mass is 443 g/mol. The van der Waals surface area contributed by atoms with Crippen molar-refractivity contribution in [2.75, 3.05) is 31.1 Å². The summed E-state index contributed by atoms with van der Waals surface area (Å²) in [4.78, 5) is 15.5. The van der Waals surface area contributed by atoms with Gasteiger partial charge in [0.05, 0.1) is 11.4 Å². The van der Waals surface area contributed by atoms with Crippen molar-refractivity contribution in [3.63, 3.8) is 0 Å². The van der Waals surface area contributed by atoms with E-state index in [1.165, 1.54) is 0 Å². The number of pyridine rings is 1. The van der Waals surface area contributed by atoms with Crippen LogP contribution in [0.25, 0.3) is 22.5 Å². The van der Waals surface area contributed by atoms with E-state index in [9.17, 15) is 4.39 Å². The molecule has 1 saturated heterocycles. The van der Waals surface area contributed by atoms with Crippen LogP contribution >= 0.6 is 0 Å². The van der Waals surface area contributed by atoms with E-state index in [-0.39, 0.29) is 5.82 Å². The molecule has 0 spiro atoms. The van der Waals surface area contributed by atoms with E-state index in [1.807, 2.05) is 48.1 Å². The van der Waals surface area contributed by atoms with Gasteiger partial charge in [0, 0.05) is 75.1 Å². The van der Waals surface area contributed by atoms with E-state index in [2.05, 4.69) is 20.2 Å². The van der Waals surface area contributed by atoms with Crippen molar-refractivity contribution in [2.45, 2.75) is 19.9 Å². The van der Waals surface area contributed by atoms with Gasteiger partial charge >= 0.3 is 0 Å². The van der Waals surface area contributed by atoms with Crippen LogP contribution in [-0.2, 0) is 13.0 Å². The number of rotatable bonds is 6. The maximum atomic E-state index is 14.8. The van der Waals surface area contributed by atoms with Crippen LogP contribution in [0.2, 0.25) is 0 Å². The number of benzene rings is 1. The Balaban J connectivity index is 1.42. The highest BCUT2D eigenvalue weighted by Gasteiger charge is 2.17. The zero-order chi connectivity index (χ0) is 22.6. The van der Waals surface area contributed by atoms with Crippen LogP contribution in [0.4, 0.5) is 10.1 Å². The number of hydrogen-bond donors (Lipinski definition) is 1. The number of nitrogens with zero attached hydrogens (tertiary/aromatic N) is 6. The van der Waals surface area contributed by atoms with Gasteiger partial charge in [-0.2, -0.15) is 5.10 Å². The molecule has 1 aromatic carbocycles. The SMILES string of the molecule is CCn1cc(-c2ccnc(Cc3ccc(N4CCNCC4)c(F)c3)n2)c(-c2cccnc2)n1. The number of nitrogens with one attached hydrogen (secondary N) is 1. The largest absolute Gasteiger partial charge is 0.367 e. The minimum Gasteiger partial charge on any atom is -0.367 e. The second-order valence-electron chi connectivity index (χ2n) is 8.05. The van der Waals surface area contributed by atoms with Crippen molar-refractivity contribution in [1.82, 2.24) is 30.0 Å². The quantitative estimate of drug-likeness (QED) is 0.491. The maximum Gasteiger partial charge on any atom is 0.146 e. The predicted octanol–water partition coefficient (Wildman–Crippen LogP) is 3.56. The smallest absolute Gasteiger partial charge is 0.146 e. The summed E-state index contributed by atoms with van der Waals surface area (Å²) < 4.78 is 16.7. The van der Waals surface area contributed by atoms with Crippen LogP contribution in [0.3, 0.4) is 0 Å². The third kappa shape index (κ3) is 4.61. The lowest BCUT2D eigenvalue weighted by atomic mass is 10.1. The molecule has 8 heteroatoms. The second kappa shape index (κ2) is 9.46. The van der Waals surface area contributed by atoms with Crippen LogP contribution < -0.4 is 10.2 Å². The van der Waals surface area contributed by atoms with Crippen LogP contribution in [0.1, 0.15) is 18.3 Å². The fraction of sp³-hybridized carbons (Fsp3) is 0.280. The summed E-state index contributed by atoms with van der Waals surface area (Å²) in [6.45, 7) is 6.17. The number of anilines is 1. The van der Waals surface area contributed by atoms with Crippen molar-refractivity contribution >= 4 is 5.69 Å². The molecular formula is C25H26FN7. The molecule has 3 aromatic heterocycles. The molecule has 0 amide bonds. The molecule has 1 aliphatic heterocycles. The average Bonchev–Trinajstić information content (AvgIpc) is 3.30. The molecule has 4 heterocycles. The number of halogens is 1. The first-order valence-electron chi connectivity index (χ1n) is 11.3. The first-order chi connectivity index (χ1) is 16.2. The van der Waals surface area contributed by atoms with Gasteiger partial charge in [0.15, 0.2) is 0 Å². The number of aromatic nitrogens is 5. The Labute approximate surface area is 192 Å². The molecule has 0 radical (unpaired) electrons. The van der Waals surface area contributed by atoms with Crippen LogP contribution in [0.5, 0.6) is 0 Å². The van der Waals surface area contributed by atoms with E-state index in [4.69, 9.17) is 10.1 Å². The lowest BCUT2D eigenvalue weighted by Crippen LogP contribution is -2.43. The predicted molar refractivity (Wildman–Crippen MR) is 126 cm³/mol. The van der Waals surface area contributed by atoms with E-state index < -0.39 is 0 Å². The topological polar surface area (TPSA) is 71.8 Å². The Morgan fingerprint density at radius 1 is 1.09 bits per heavy atom. The summed E-state index contributed by atoms with van der Waals surface area (Å²) in [7, 11) is 0. The minimum atomic E-state index is -0.200. The fourth-order valence-electron chi connectivity index (χ4n) is 4.13. The van der Waals surface area contributed by atoms with Gasteiger partial charge in [-0.25, -0.2) is 14.4 Å². The van der Waals surface area contributed by atoms with Gasteiger partial charge in [-0.15, -0.1) is 0 Å². The molecule has 168 valence electrons. The van der Waals surface area contributed by atoms with Crippen molar-refractivity contribution < 1.29 is 4.39 Å². The molecule has 7 nitrogen and oxygen atoms in total. The summed E-state index contributed by atoms with van der Waals surface area (Å²) in [5.74, 6) is 0.442. The van der Waals surface area contributed by atoms with Gasteiger partial charge in [0.2, 0.25) is 0 Å². The molecule has 4 aromatic rings. The highest BCUT2D eigenvalue weighted by molar-refractivity contribution is 5.78. The van der Waals surface area contributed by atoms with E-state index in [0.717, 1.165) is 60.8 Å². The second-order valence-corrected chi connectivity index (χ2v) is 8.05. The Morgan fingerprint density at radius 2 is 1.97 bits per heavy atom. The molecule has 0 unspecified atom stereocenters. The number of aryl methyl sites for hydroxylation is 1. The molecular weight excluding hydrogens is 417 g/mol. The molecule has 0 bridgehead atoms. The van der Waals surface area contributed by atoms with Crippen LogP contribution in [-0.4, -0.2) is 50.9 Å². The maximum absolute atomic E-state index is 14.8. The van der Waals surface area contributed by atoms with Gasteiger partial charge in [0.1, 0.15) is 17.3 Å². The van der Waals surface area contributed by atoms with Crippen molar-refractivity contribution in [2.24, 2.45) is 0 Å². The fourth-order valence-corrected chi connectivity index (χ4v) is 4.13. The van der Waals surface area contributed by atoms with Crippen LogP contribution in [0.15, 0.2) is 61.2 Å². The highest BCUT2D eigenvalue weighted by atomic mass is 19.1. The third-order valence-electron chi connectivity index (χ3n) is 5.83. The molecule has 1 aliphatic rings. The van der Waals surface area contributed by atoms with Gasteiger partial charge in [-0.05, 0) is 42.8 Å². The zero-order valence-electron chi connectivity index (χ0n) is 18.6. The van der Waals surface area contributed by atoms with Gasteiger partial charge in [-0.1, -0.05) is 6.07 Å². The van der Waals surface area contributed by atoms with Gasteiger partial charge in [0.25, 0.3) is 0 Å². The normalized spacial score (nSPS) is 13.9. The third-order valence-corrected chi connectivity index (χ3v) is 5.83. The van der Waals surface area contributed by atoms with E-state index in [0.29, 0.717) is 17.9 Å². The standard InChI is InChI=1S/C25H26FN7/c1-2-33-17-20(25(31-33)19-4-3-8-28-16-19)22-7-9-29-24(30-22)15-18-5-6-23(21(26)14-18)32-12-10-27-11-13-32/h3-9,14,16-17,27H,2,10-13,15H2,1H3. The summed E-state index contributed by atoms with van der Waals surface area (Å²) in [6.07, 6.45) is 7.75. The lowest BCUT2D eigenvalue weighted by molar-refractivity contribution is 0.565. The molecule has 0 aliphatic carbocycles. The Kier molecular flexibility index (Phi) is 6.08. The van der Waals surface area contributed by atoms with Gasteiger partial charge < -0.3 is 10.2 Å². The molecule has 0 saturated carbocycles. The lowest BCUT2D eigenvalue weighted by Gasteiger charge is -2.29. The Morgan fingerprint density at radius 3 is 2.73 bits per heavy atom. The van der Waals surface area contributed by atoms with E-state index in [1.54, 1.807) is 24.7 Å². The summed E-state index contributed by atoms with van der Waals surface area (Å²) in [5, 5.41) is 8.01. The minimum absolute atomic E-state index is 0.200. The molecule has 5 rings (SSSR count). The number of hydrogen-bond acceptors (Lipinski definition) is 6. The number of piperazine rings is 1. The molecule has 0 atom stereocenters. The average molecular weight is 444 g/mol. The first kappa shape index (κ1) is 21.2. The van der Waals surface area contributed by atoms with Gasteiger partial charge in [-0.3, -0.25) is 9.67 Å². The Bertz CT molecular complexity index is 1230. The highest BCUT2D eigenvalue weighted by Crippen LogP contribution is 2.30. The van der Waals surface area contributed by atoms with E-state index >= 15 is 0 Å². The van der Waals surface area contributed by atoms with Crippen molar-refractivity contribution in [3.05, 3.63) is 78.4 Å². The molecule has 1 fully saturated rings. The first-order valence-corrected chi connectivity index (χ1v) is 11.3. The summed E-state index contributed by atoms with van der Waals surface area (Å²) in [5.41, 5.74) is 4.99. The van der Waals surface area contributed by atoms with Crippen molar-refractivity contribution in [1.29, 1.82) is 0 Å². The summed E-state index contributed by atoms with van der Waals surface area (Å²) in [6, 6.07) is 11.2. The summed E-state index contributed by atoms with van der Waals surface area (Å²) >= 11 is 0. The Hall–Kier alpha value is -3.65. The molecule has 33 heavy (non-hydrogen) atoms. The van der Waals surface area contributed by atoms with Crippen LogP contribution in [0, 0.1) is 5.82 Å². The molecule has 1 N–H and O–H groups in total. The van der Waals surface area contributed by atoms with Crippen molar-refractivity contribution in [3.8, 4) is 22.5 Å².